The number of hydrogen-bond acceptors (Lipinski definition) is 4. The molecule has 0 spiro atoms. The van der Waals surface area contributed by atoms with Gasteiger partial charge in [-0.2, -0.15) is 0 Å². The van der Waals surface area contributed by atoms with E-state index in [1.807, 2.05) is 18.2 Å². The summed E-state index contributed by atoms with van der Waals surface area (Å²) in [5.41, 5.74) is 2.25. The number of carbonyl (C=O) groups is 2. The van der Waals surface area contributed by atoms with Gasteiger partial charge in [0.15, 0.2) is 5.78 Å². The molecule has 1 saturated heterocycles. The molecule has 0 saturated carbocycles. The number of morpholine rings is 1. The largest absolute Gasteiger partial charge is 0.378 e. The zero-order valence-corrected chi connectivity index (χ0v) is 17.1. The maximum Gasteiger partial charge on any atom is 0.224 e. The Bertz CT molecular complexity index is 820. The molecule has 1 N–H and O–H groups in total. The fourth-order valence-electron chi connectivity index (χ4n) is 2.91. The summed E-state index contributed by atoms with van der Waals surface area (Å²) in [5, 5.41) is 3.52. The first kappa shape index (κ1) is 19.9. The molecule has 142 valence electrons. The van der Waals surface area contributed by atoms with Gasteiger partial charge in [0.05, 0.1) is 24.6 Å². The minimum Gasteiger partial charge on any atom is -0.378 e. The summed E-state index contributed by atoms with van der Waals surface area (Å²) in [6.07, 6.45) is 0.269. The molecule has 0 aromatic heterocycles. The minimum absolute atomic E-state index is 0.0792. The fraction of sp³-hybridized carbons (Fsp3) is 0.300. The van der Waals surface area contributed by atoms with Crippen molar-refractivity contribution >= 4 is 50.6 Å². The number of nitrogens with one attached hydrogen (secondary N) is 1. The standard InChI is InChI=1S/C20H20BrClN2O3/c21-15-3-6-18(24-9-11-27-12-10-24)17(13-15)23-20(26)8-7-19(25)14-1-4-16(22)5-2-14/h1-6,13H,7-12H2,(H,23,26). The van der Waals surface area contributed by atoms with Crippen molar-refractivity contribution < 1.29 is 14.3 Å². The molecule has 0 unspecified atom stereocenters. The number of Topliss-reactive ketones (excluding diaryl/α,β-unsaturated/α-hetero) is 1. The molecule has 1 heterocycles. The molecular weight excluding hydrogens is 432 g/mol. The average Bonchev–Trinajstić information content (AvgIpc) is 2.67. The van der Waals surface area contributed by atoms with E-state index in [0.717, 1.165) is 28.9 Å². The van der Waals surface area contributed by atoms with Crippen LogP contribution in [0.3, 0.4) is 0 Å². The van der Waals surface area contributed by atoms with Gasteiger partial charge in [-0.3, -0.25) is 9.59 Å². The summed E-state index contributed by atoms with van der Waals surface area (Å²) in [6.45, 7) is 2.89. The van der Waals surface area contributed by atoms with Crippen molar-refractivity contribution in [3.63, 3.8) is 0 Å². The molecule has 0 aliphatic carbocycles. The van der Waals surface area contributed by atoms with Gasteiger partial charge in [-0.25, -0.2) is 0 Å². The first-order valence-corrected chi connectivity index (χ1v) is 9.91. The normalized spacial score (nSPS) is 14.1. The Morgan fingerprint density at radius 1 is 1.07 bits per heavy atom. The Morgan fingerprint density at radius 3 is 2.48 bits per heavy atom. The first-order chi connectivity index (χ1) is 13.0. The van der Waals surface area contributed by atoms with Crippen molar-refractivity contribution in [2.24, 2.45) is 0 Å². The lowest BCUT2D eigenvalue weighted by molar-refractivity contribution is -0.116. The third-order valence-corrected chi connectivity index (χ3v) is 5.08. The highest BCUT2D eigenvalue weighted by molar-refractivity contribution is 9.10. The summed E-state index contributed by atoms with van der Waals surface area (Å²) in [6, 6.07) is 12.5. The van der Waals surface area contributed by atoms with Crippen LogP contribution in [0.4, 0.5) is 11.4 Å². The van der Waals surface area contributed by atoms with Gasteiger partial charge >= 0.3 is 0 Å². The highest BCUT2D eigenvalue weighted by Gasteiger charge is 2.17. The van der Waals surface area contributed by atoms with Crippen molar-refractivity contribution in [3.8, 4) is 0 Å². The summed E-state index contributed by atoms with van der Waals surface area (Å²) in [4.78, 5) is 26.8. The van der Waals surface area contributed by atoms with Crippen LogP contribution in [0, 0.1) is 0 Å². The lowest BCUT2D eigenvalue weighted by atomic mass is 10.1. The number of benzene rings is 2. The van der Waals surface area contributed by atoms with Crippen molar-refractivity contribution in [1.82, 2.24) is 0 Å². The number of carbonyl (C=O) groups excluding carboxylic acids is 2. The lowest BCUT2D eigenvalue weighted by Crippen LogP contribution is -2.36. The van der Waals surface area contributed by atoms with Crippen molar-refractivity contribution in [3.05, 3.63) is 57.5 Å². The van der Waals surface area contributed by atoms with E-state index in [2.05, 4.69) is 26.1 Å². The number of halogens is 2. The first-order valence-electron chi connectivity index (χ1n) is 8.74. The van der Waals surface area contributed by atoms with Crippen LogP contribution in [0.15, 0.2) is 46.9 Å². The van der Waals surface area contributed by atoms with Crippen LogP contribution in [0.25, 0.3) is 0 Å². The molecule has 2 aromatic carbocycles. The second kappa shape index (κ2) is 9.35. The quantitative estimate of drug-likeness (QED) is 0.655. The Morgan fingerprint density at radius 2 is 1.78 bits per heavy atom. The third-order valence-electron chi connectivity index (χ3n) is 4.33. The van der Waals surface area contributed by atoms with Gasteiger partial charge in [-0.05, 0) is 42.5 Å². The lowest BCUT2D eigenvalue weighted by Gasteiger charge is -2.30. The zero-order chi connectivity index (χ0) is 19.2. The van der Waals surface area contributed by atoms with Crippen LogP contribution >= 0.6 is 27.5 Å². The van der Waals surface area contributed by atoms with E-state index >= 15 is 0 Å². The van der Waals surface area contributed by atoms with E-state index in [0.29, 0.717) is 23.8 Å². The van der Waals surface area contributed by atoms with Crippen LogP contribution in [0.1, 0.15) is 23.2 Å². The predicted octanol–water partition coefficient (Wildman–Crippen LogP) is 4.54. The van der Waals surface area contributed by atoms with E-state index in [1.54, 1.807) is 24.3 Å². The minimum atomic E-state index is -0.190. The van der Waals surface area contributed by atoms with E-state index < -0.39 is 0 Å². The fourth-order valence-corrected chi connectivity index (χ4v) is 3.40. The highest BCUT2D eigenvalue weighted by Crippen LogP contribution is 2.30. The van der Waals surface area contributed by atoms with E-state index in [9.17, 15) is 9.59 Å². The molecule has 2 aromatic rings. The third kappa shape index (κ3) is 5.54. The molecule has 0 atom stereocenters. The molecule has 1 fully saturated rings. The Labute approximate surface area is 171 Å². The zero-order valence-electron chi connectivity index (χ0n) is 14.7. The summed E-state index contributed by atoms with van der Waals surface area (Å²) < 4.78 is 6.28. The SMILES string of the molecule is O=C(CCC(=O)c1ccc(Cl)cc1)Nc1cc(Br)ccc1N1CCOCC1. The van der Waals surface area contributed by atoms with E-state index in [4.69, 9.17) is 16.3 Å². The maximum absolute atomic E-state index is 12.4. The van der Waals surface area contributed by atoms with Crippen LogP contribution in [-0.4, -0.2) is 38.0 Å². The summed E-state index contributed by atoms with van der Waals surface area (Å²) in [7, 11) is 0. The topological polar surface area (TPSA) is 58.6 Å². The smallest absolute Gasteiger partial charge is 0.224 e. The molecule has 1 amide bonds. The van der Waals surface area contributed by atoms with Gasteiger partial charge in [-0.1, -0.05) is 27.5 Å². The second-order valence-electron chi connectivity index (χ2n) is 6.24. The van der Waals surface area contributed by atoms with Crippen molar-refractivity contribution in [2.45, 2.75) is 12.8 Å². The summed E-state index contributed by atoms with van der Waals surface area (Å²) in [5.74, 6) is -0.269. The monoisotopic (exact) mass is 450 g/mol. The predicted molar refractivity (Wildman–Crippen MR) is 111 cm³/mol. The van der Waals surface area contributed by atoms with Crippen LogP contribution in [0.5, 0.6) is 0 Å². The summed E-state index contributed by atoms with van der Waals surface area (Å²) >= 11 is 9.28. The average molecular weight is 452 g/mol. The second-order valence-corrected chi connectivity index (χ2v) is 7.59. The Balaban J connectivity index is 1.62. The number of ketones is 1. The molecule has 0 bridgehead atoms. The number of rotatable bonds is 6. The Kier molecular flexibility index (Phi) is 6.88. The van der Waals surface area contributed by atoms with Crippen LogP contribution in [0.2, 0.25) is 5.02 Å². The number of hydrogen-bond donors (Lipinski definition) is 1. The Hall–Kier alpha value is -1.89. The van der Waals surface area contributed by atoms with Gasteiger partial charge in [0.25, 0.3) is 0 Å². The number of anilines is 2. The van der Waals surface area contributed by atoms with Gasteiger partial charge in [0, 0.05) is 41.0 Å². The molecule has 7 heteroatoms. The molecule has 27 heavy (non-hydrogen) atoms. The van der Waals surface area contributed by atoms with Gasteiger partial charge in [-0.15, -0.1) is 0 Å². The van der Waals surface area contributed by atoms with E-state index in [1.165, 1.54) is 0 Å². The highest BCUT2D eigenvalue weighted by atomic mass is 79.9. The van der Waals surface area contributed by atoms with Gasteiger partial charge in [0.1, 0.15) is 0 Å². The molecular formula is C20H20BrClN2O3. The number of nitrogens with zero attached hydrogens (tertiary/aromatic N) is 1. The van der Waals surface area contributed by atoms with E-state index in [-0.39, 0.29) is 24.5 Å². The number of amides is 1. The van der Waals surface area contributed by atoms with Crippen LogP contribution in [-0.2, 0) is 9.53 Å². The molecule has 0 radical (unpaired) electrons. The van der Waals surface area contributed by atoms with Crippen molar-refractivity contribution in [2.75, 3.05) is 36.5 Å². The van der Waals surface area contributed by atoms with Gasteiger partial charge < -0.3 is 15.0 Å². The maximum atomic E-state index is 12.4. The van der Waals surface area contributed by atoms with Crippen LogP contribution < -0.4 is 10.2 Å². The molecule has 3 rings (SSSR count). The molecule has 1 aliphatic heterocycles. The van der Waals surface area contributed by atoms with Gasteiger partial charge in [0.2, 0.25) is 5.91 Å². The van der Waals surface area contributed by atoms with Crippen molar-refractivity contribution in [1.29, 1.82) is 0 Å². The molecule has 5 nitrogen and oxygen atoms in total. The number of ether oxygens (including phenoxy) is 1. The molecule has 1 aliphatic rings.